The molecule has 13 heteroatoms. The number of carbonyl (C=O) groups excluding carboxylic acids is 4. The number of sulfone groups is 1. The molecule has 5 fully saturated rings. The van der Waals surface area contributed by atoms with Gasteiger partial charge in [0.05, 0.1) is 17.3 Å². The van der Waals surface area contributed by atoms with Gasteiger partial charge in [-0.15, -0.1) is 0 Å². The Morgan fingerprint density at radius 1 is 1.02 bits per heavy atom. The number of primary amides is 1. The van der Waals surface area contributed by atoms with Crippen molar-refractivity contribution in [1.82, 2.24) is 20.9 Å². The van der Waals surface area contributed by atoms with E-state index in [0.717, 1.165) is 44.9 Å². The molecule has 4 saturated carbocycles. The van der Waals surface area contributed by atoms with Crippen LogP contribution in [0.4, 0.5) is 4.79 Å². The lowest BCUT2D eigenvalue weighted by molar-refractivity contribution is -0.144. The predicted molar refractivity (Wildman–Crippen MR) is 177 cm³/mol. The van der Waals surface area contributed by atoms with Gasteiger partial charge in [0.15, 0.2) is 9.84 Å². The lowest BCUT2D eigenvalue weighted by atomic mass is 9.84. The Hall–Kier alpha value is -2.25. The number of amides is 4. The number of Topliss-reactive ketones (excluding diaryl/α,β-unsaturated/α-hetero) is 1. The molecule has 1 aliphatic heterocycles. The minimum absolute atomic E-state index is 0.0420. The van der Waals surface area contributed by atoms with Gasteiger partial charge in [0.2, 0.25) is 11.7 Å². The van der Waals surface area contributed by atoms with Gasteiger partial charge in [-0.2, -0.15) is 0 Å². The number of piperidine rings is 2. The Kier molecular flexibility index (Phi) is 9.64. The molecule has 7 atom stereocenters. The van der Waals surface area contributed by atoms with Gasteiger partial charge in [0.1, 0.15) is 12.3 Å². The third kappa shape index (κ3) is 6.57. The third-order valence-electron chi connectivity index (χ3n) is 12.4. The fraction of sp³-hybridized carbons (Fsp3) is 0.882. The molecule has 1 spiro atoms. The molecule has 5 aliphatic rings. The number of nitrogens with two attached hydrogens (primary N) is 1. The van der Waals surface area contributed by atoms with E-state index in [4.69, 9.17) is 5.73 Å². The van der Waals surface area contributed by atoms with E-state index in [2.05, 4.69) is 29.8 Å². The van der Waals surface area contributed by atoms with Crippen molar-refractivity contribution in [2.45, 2.75) is 136 Å². The van der Waals surface area contributed by atoms with Gasteiger partial charge in [-0.1, -0.05) is 73.6 Å². The number of nitrogens with zero attached hydrogens (tertiary/aromatic N) is 1. The molecule has 5 rings (SSSR count). The molecule has 1 saturated heterocycles. The van der Waals surface area contributed by atoms with Crippen LogP contribution in [0.15, 0.2) is 0 Å². The highest BCUT2D eigenvalue weighted by atomic mass is 32.2. The van der Waals surface area contributed by atoms with Crippen LogP contribution in [0.1, 0.15) is 106 Å². The van der Waals surface area contributed by atoms with Crippen molar-refractivity contribution in [3.63, 3.8) is 0 Å². The van der Waals surface area contributed by atoms with Gasteiger partial charge in [-0.25, -0.2) is 13.2 Å². The average molecular weight is 680 g/mol. The molecule has 6 N–H and O–H groups in total. The number of rotatable bonds is 15. The molecule has 0 aromatic rings. The summed E-state index contributed by atoms with van der Waals surface area (Å²) in [7, 11) is -3.38. The predicted octanol–water partition coefficient (Wildman–Crippen LogP) is 2.23. The van der Waals surface area contributed by atoms with E-state index >= 15 is 0 Å². The first-order chi connectivity index (χ1) is 21.8. The van der Waals surface area contributed by atoms with Gasteiger partial charge in [0.25, 0.3) is 5.91 Å². The lowest BCUT2D eigenvalue weighted by Gasteiger charge is -2.42. The minimum Gasteiger partial charge on any atom is -0.376 e. The summed E-state index contributed by atoms with van der Waals surface area (Å²) in [5.74, 6) is -1.78. The maximum Gasteiger partial charge on any atom is 0.315 e. The number of aliphatic hydroxyl groups is 1. The number of ketones is 1. The third-order valence-corrected chi connectivity index (χ3v) is 14.2. The van der Waals surface area contributed by atoms with E-state index < -0.39 is 62.9 Å². The average Bonchev–Trinajstić information content (AvgIpc) is 3.93. The number of likely N-dealkylation sites (tertiary alicyclic amines) is 1. The number of urea groups is 1. The summed E-state index contributed by atoms with van der Waals surface area (Å²) in [4.78, 5) is 54.6. The van der Waals surface area contributed by atoms with Crippen LogP contribution in [0, 0.1) is 34.0 Å². The van der Waals surface area contributed by atoms with E-state index in [0.29, 0.717) is 25.8 Å². The fourth-order valence-corrected chi connectivity index (χ4v) is 11.2. The summed E-state index contributed by atoms with van der Waals surface area (Å²) in [6, 6.07) is -3.06. The molecular weight excluding hydrogens is 622 g/mol. The quantitative estimate of drug-likeness (QED) is 0.129. The van der Waals surface area contributed by atoms with E-state index in [1.54, 1.807) is 4.90 Å². The lowest BCUT2D eigenvalue weighted by Crippen LogP contribution is -2.64. The zero-order chi connectivity index (χ0) is 34.7. The summed E-state index contributed by atoms with van der Waals surface area (Å²) in [6.45, 7) is 12.1. The van der Waals surface area contributed by atoms with E-state index in [9.17, 15) is 32.7 Å². The van der Waals surface area contributed by atoms with Crippen molar-refractivity contribution in [1.29, 1.82) is 0 Å². The highest BCUT2D eigenvalue weighted by molar-refractivity contribution is 7.91. The van der Waals surface area contributed by atoms with Crippen LogP contribution >= 0.6 is 0 Å². The molecule has 4 aliphatic carbocycles. The summed E-state index contributed by atoms with van der Waals surface area (Å²) < 4.78 is 25.7. The topological polar surface area (TPSA) is 188 Å². The van der Waals surface area contributed by atoms with Gasteiger partial charge in [0, 0.05) is 23.8 Å². The van der Waals surface area contributed by atoms with Crippen molar-refractivity contribution in [3.8, 4) is 0 Å². The summed E-state index contributed by atoms with van der Waals surface area (Å²) in [5.41, 5.74) is 3.17. The number of hydrogen-bond donors (Lipinski definition) is 5. The Morgan fingerprint density at radius 2 is 1.66 bits per heavy atom. The number of hydrogen-bond acceptors (Lipinski definition) is 8. The number of aliphatic hydroxyl groups excluding tert-OH is 1. The Balaban J connectivity index is 1.36. The highest BCUT2D eigenvalue weighted by Crippen LogP contribution is 2.92. The standard InChI is InChI=1S/C34H57N5O7S/c1-7-15-47(45,46)18-23(21-11-9-8-10-12-21)37-30(44)38-26(31(2,3)4)28(42)39-17-24-32(5,6)33(24)19-34(33,39)29(43)36-22(16-20-13-14-20)25(40)27(35)41/h20-24,26,29,36,43H,7-19H2,1-6H3,(H2,35,41)(H2,37,38,44)/t22?,23-,24+,26-,29?,33?,34?/m1/s1. The Bertz CT molecular complexity index is 1370. The van der Waals surface area contributed by atoms with Crippen LogP contribution in [0.3, 0.4) is 0 Å². The SMILES string of the molecule is CCCS(=O)(=O)C[C@@H](NC(=O)N[C@H](C(=O)N1C[C@H]2C(C)(C)C23CC13C(O)NC(CC1CC1)C(=O)C(N)=O)C(C)(C)C)C1CCCCC1. The zero-order valence-corrected chi connectivity index (χ0v) is 29.9. The largest absolute Gasteiger partial charge is 0.376 e. The van der Waals surface area contributed by atoms with Crippen molar-refractivity contribution < 1.29 is 32.7 Å². The van der Waals surface area contributed by atoms with Gasteiger partial charge in [-0.05, 0) is 60.7 Å². The molecule has 47 heavy (non-hydrogen) atoms. The maximum absolute atomic E-state index is 14.6. The second kappa shape index (κ2) is 12.6. The molecule has 0 bridgehead atoms. The highest BCUT2D eigenvalue weighted by Gasteiger charge is 2.97. The van der Waals surface area contributed by atoms with Crippen LogP contribution in [-0.2, 0) is 24.2 Å². The fourth-order valence-electron chi connectivity index (χ4n) is 9.48. The number of carbonyl (C=O) groups is 4. The Morgan fingerprint density at radius 3 is 2.19 bits per heavy atom. The first-order valence-corrected chi connectivity index (χ1v) is 19.5. The maximum atomic E-state index is 14.6. The Labute approximate surface area is 280 Å². The molecule has 0 aromatic carbocycles. The van der Waals surface area contributed by atoms with Gasteiger partial charge in [-0.3, -0.25) is 19.7 Å². The van der Waals surface area contributed by atoms with Crippen LogP contribution in [-0.4, -0.2) is 90.0 Å². The second-order valence-corrected chi connectivity index (χ2v) is 19.1. The molecule has 0 radical (unpaired) electrons. The normalized spacial score (nSPS) is 30.7. The van der Waals surface area contributed by atoms with E-state index in [1.165, 1.54) is 0 Å². The molecule has 266 valence electrons. The molecule has 4 amide bonds. The van der Waals surface area contributed by atoms with E-state index in [1.807, 2.05) is 27.7 Å². The minimum atomic E-state index is -3.38. The van der Waals surface area contributed by atoms with Crippen molar-refractivity contribution in [2.75, 3.05) is 18.1 Å². The zero-order valence-electron chi connectivity index (χ0n) is 29.1. The van der Waals surface area contributed by atoms with Crippen molar-refractivity contribution >= 4 is 33.5 Å². The molecule has 12 nitrogen and oxygen atoms in total. The van der Waals surface area contributed by atoms with Crippen LogP contribution in [0.25, 0.3) is 0 Å². The summed E-state index contributed by atoms with van der Waals surface area (Å²) in [5, 5.41) is 20.8. The van der Waals surface area contributed by atoms with Crippen molar-refractivity contribution in [3.05, 3.63) is 0 Å². The monoisotopic (exact) mass is 679 g/mol. The molecule has 1 heterocycles. The molecule has 4 unspecified atom stereocenters. The van der Waals surface area contributed by atoms with Crippen LogP contribution in [0.5, 0.6) is 0 Å². The molecule has 0 aromatic heterocycles. The smallest absolute Gasteiger partial charge is 0.315 e. The van der Waals surface area contributed by atoms with E-state index in [-0.39, 0.29) is 46.0 Å². The summed E-state index contributed by atoms with van der Waals surface area (Å²) >= 11 is 0. The first kappa shape index (κ1) is 36.0. The van der Waals surface area contributed by atoms with Gasteiger partial charge < -0.3 is 26.4 Å². The van der Waals surface area contributed by atoms with Crippen molar-refractivity contribution in [2.24, 2.45) is 39.7 Å². The first-order valence-electron chi connectivity index (χ1n) is 17.7. The van der Waals surface area contributed by atoms with Crippen LogP contribution in [0.2, 0.25) is 0 Å². The number of nitrogens with one attached hydrogen (secondary N) is 3. The van der Waals surface area contributed by atoms with Gasteiger partial charge >= 0.3 is 6.03 Å². The van der Waals surface area contributed by atoms with Crippen LogP contribution < -0.4 is 21.7 Å². The summed E-state index contributed by atoms with van der Waals surface area (Å²) in [6.07, 6.45) is 6.80. The molecular formula is C34H57N5O7S. The second-order valence-electron chi connectivity index (χ2n) is 16.9.